The fourth-order valence-electron chi connectivity index (χ4n) is 3.79. The molecule has 1 fully saturated rings. The fourth-order valence-corrected chi connectivity index (χ4v) is 3.79. The summed E-state index contributed by atoms with van der Waals surface area (Å²) in [4.78, 5) is 37.7. The van der Waals surface area contributed by atoms with Gasteiger partial charge in [-0.2, -0.15) is 0 Å². The SMILES string of the molecule is Nc1cccc(CNCc2ccc3c(c2)CN(C2CCC(=O)NC2=O)C3=O)c1. The van der Waals surface area contributed by atoms with Crippen molar-refractivity contribution >= 4 is 23.4 Å². The van der Waals surface area contributed by atoms with Crippen molar-refractivity contribution in [3.63, 3.8) is 0 Å². The standard InChI is InChI=1S/C21H22N4O3/c22-16-3-1-2-13(9-16)10-23-11-14-4-5-17-15(8-14)12-25(21(17)28)18-6-7-19(26)24-20(18)27/h1-5,8-9,18,23H,6-7,10-12,22H2,(H,24,26,27). The molecule has 7 nitrogen and oxygen atoms in total. The van der Waals surface area contributed by atoms with Crippen molar-refractivity contribution < 1.29 is 14.4 Å². The molecule has 4 rings (SSSR count). The average molecular weight is 378 g/mol. The molecule has 0 radical (unpaired) electrons. The fraction of sp³-hybridized carbons (Fsp3) is 0.286. The van der Waals surface area contributed by atoms with Crippen LogP contribution in [0.2, 0.25) is 0 Å². The Morgan fingerprint density at radius 2 is 1.86 bits per heavy atom. The van der Waals surface area contributed by atoms with E-state index in [4.69, 9.17) is 5.73 Å². The number of nitrogens with one attached hydrogen (secondary N) is 2. The van der Waals surface area contributed by atoms with Gasteiger partial charge in [0.2, 0.25) is 11.8 Å². The van der Waals surface area contributed by atoms with E-state index in [0.29, 0.717) is 31.6 Å². The molecule has 2 aliphatic rings. The van der Waals surface area contributed by atoms with Crippen molar-refractivity contribution in [2.24, 2.45) is 0 Å². The molecule has 28 heavy (non-hydrogen) atoms. The summed E-state index contributed by atoms with van der Waals surface area (Å²) in [6.07, 6.45) is 0.634. The number of carbonyl (C=O) groups is 3. The van der Waals surface area contributed by atoms with Gasteiger partial charge in [0.05, 0.1) is 0 Å². The second-order valence-electron chi connectivity index (χ2n) is 7.24. The normalized spacial score (nSPS) is 18.9. The number of amides is 3. The largest absolute Gasteiger partial charge is 0.399 e. The van der Waals surface area contributed by atoms with Crippen molar-refractivity contribution in [2.75, 3.05) is 5.73 Å². The molecule has 1 atom stereocenters. The van der Waals surface area contributed by atoms with Gasteiger partial charge in [0, 0.05) is 37.3 Å². The summed E-state index contributed by atoms with van der Waals surface area (Å²) in [6.45, 7) is 1.75. The number of rotatable bonds is 5. The maximum atomic E-state index is 12.7. The summed E-state index contributed by atoms with van der Waals surface area (Å²) in [5.41, 5.74) is 10.3. The summed E-state index contributed by atoms with van der Waals surface area (Å²) in [6, 6.07) is 12.9. The van der Waals surface area contributed by atoms with Gasteiger partial charge in [0.25, 0.3) is 5.91 Å². The van der Waals surface area contributed by atoms with Crippen LogP contribution >= 0.6 is 0 Å². The van der Waals surface area contributed by atoms with E-state index in [0.717, 1.165) is 22.4 Å². The molecule has 1 unspecified atom stereocenters. The minimum Gasteiger partial charge on any atom is -0.399 e. The molecule has 1 saturated heterocycles. The lowest BCUT2D eigenvalue weighted by molar-refractivity contribution is -0.136. The van der Waals surface area contributed by atoms with Gasteiger partial charge in [0.15, 0.2) is 0 Å². The van der Waals surface area contributed by atoms with Crippen LogP contribution in [0.1, 0.15) is 39.9 Å². The molecule has 0 aliphatic carbocycles. The summed E-state index contributed by atoms with van der Waals surface area (Å²) in [7, 11) is 0. The minimum absolute atomic E-state index is 0.149. The predicted octanol–water partition coefficient (Wildman–Crippen LogP) is 1.32. The summed E-state index contributed by atoms with van der Waals surface area (Å²) in [5, 5.41) is 5.70. The number of nitrogens with zero attached hydrogens (tertiary/aromatic N) is 1. The smallest absolute Gasteiger partial charge is 0.255 e. The molecule has 4 N–H and O–H groups in total. The van der Waals surface area contributed by atoms with Crippen LogP contribution in [-0.2, 0) is 29.2 Å². The number of anilines is 1. The first-order chi connectivity index (χ1) is 13.5. The first kappa shape index (κ1) is 18.2. The van der Waals surface area contributed by atoms with E-state index in [2.05, 4.69) is 10.6 Å². The molecule has 0 saturated carbocycles. The molecule has 3 amide bonds. The van der Waals surface area contributed by atoms with Crippen LogP contribution in [0.3, 0.4) is 0 Å². The quantitative estimate of drug-likeness (QED) is 0.538. The average Bonchev–Trinajstić information content (AvgIpc) is 2.98. The third-order valence-corrected chi connectivity index (χ3v) is 5.20. The number of carbonyl (C=O) groups excluding carboxylic acids is 3. The third-order valence-electron chi connectivity index (χ3n) is 5.20. The molecule has 7 heteroatoms. The van der Waals surface area contributed by atoms with Crippen LogP contribution < -0.4 is 16.4 Å². The lowest BCUT2D eigenvalue weighted by atomic mass is 10.0. The van der Waals surface area contributed by atoms with Crippen LogP contribution in [-0.4, -0.2) is 28.7 Å². The second-order valence-corrected chi connectivity index (χ2v) is 7.24. The van der Waals surface area contributed by atoms with Crippen molar-refractivity contribution in [1.29, 1.82) is 0 Å². The Balaban J connectivity index is 1.41. The topological polar surface area (TPSA) is 105 Å². The number of nitrogen functional groups attached to an aromatic ring is 1. The predicted molar refractivity (Wildman–Crippen MR) is 104 cm³/mol. The maximum Gasteiger partial charge on any atom is 0.255 e. The van der Waals surface area contributed by atoms with Gasteiger partial charge < -0.3 is 16.0 Å². The minimum atomic E-state index is -0.581. The third kappa shape index (κ3) is 3.61. The Morgan fingerprint density at radius 3 is 2.61 bits per heavy atom. The van der Waals surface area contributed by atoms with E-state index in [9.17, 15) is 14.4 Å². The van der Waals surface area contributed by atoms with Gasteiger partial charge in [0.1, 0.15) is 6.04 Å². The molecule has 0 aromatic heterocycles. The lowest BCUT2D eigenvalue weighted by Crippen LogP contribution is -2.52. The van der Waals surface area contributed by atoms with Crippen molar-refractivity contribution in [3.05, 3.63) is 64.7 Å². The highest BCUT2D eigenvalue weighted by Crippen LogP contribution is 2.28. The van der Waals surface area contributed by atoms with Crippen LogP contribution in [0, 0.1) is 0 Å². The summed E-state index contributed by atoms with van der Waals surface area (Å²) >= 11 is 0. The molecule has 2 aliphatic heterocycles. The zero-order valence-electron chi connectivity index (χ0n) is 15.4. The summed E-state index contributed by atoms with van der Waals surface area (Å²) in [5.74, 6) is -0.816. The van der Waals surface area contributed by atoms with Crippen LogP contribution in [0.5, 0.6) is 0 Å². The number of fused-ring (bicyclic) bond motifs is 1. The van der Waals surface area contributed by atoms with Crippen LogP contribution in [0.15, 0.2) is 42.5 Å². The van der Waals surface area contributed by atoms with Gasteiger partial charge in [-0.15, -0.1) is 0 Å². The molecular formula is C21H22N4O3. The Kier molecular flexibility index (Phi) is 4.83. The Hall–Kier alpha value is -3.19. The van der Waals surface area contributed by atoms with Gasteiger partial charge in [-0.05, 0) is 41.3 Å². The number of imide groups is 1. The molecule has 2 heterocycles. The Morgan fingerprint density at radius 1 is 1.07 bits per heavy atom. The van der Waals surface area contributed by atoms with Gasteiger partial charge >= 0.3 is 0 Å². The first-order valence-electron chi connectivity index (χ1n) is 9.33. The van der Waals surface area contributed by atoms with Gasteiger partial charge in [-0.3, -0.25) is 19.7 Å². The number of hydrogen-bond donors (Lipinski definition) is 3. The number of piperidine rings is 1. The highest BCUT2D eigenvalue weighted by atomic mass is 16.2. The molecular weight excluding hydrogens is 356 g/mol. The van der Waals surface area contributed by atoms with E-state index in [-0.39, 0.29) is 24.1 Å². The molecule has 2 aromatic carbocycles. The maximum absolute atomic E-state index is 12.7. The van der Waals surface area contributed by atoms with E-state index in [1.807, 2.05) is 42.5 Å². The Labute approximate surface area is 162 Å². The van der Waals surface area contributed by atoms with Crippen LogP contribution in [0.4, 0.5) is 5.69 Å². The van der Waals surface area contributed by atoms with Crippen molar-refractivity contribution in [1.82, 2.24) is 15.5 Å². The summed E-state index contributed by atoms with van der Waals surface area (Å²) < 4.78 is 0. The first-order valence-corrected chi connectivity index (χ1v) is 9.33. The number of hydrogen-bond acceptors (Lipinski definition) is 5. The van der Waals surface area contributed by atoms with Crippen molar-refractivity contribution in [2.45, 2.75) is 38.5 Å². The lowest BCUT2D eigenvalue weighted by Gasteiger charge is -2.29. The van der Waals surface area contributed by atoms with E-state index in [1.165, 1.54) is 0 Å². The van der Waals surface area contributed by atoms with Crippen molar-refractivity contribution in [3.8, 4) is 0 Å². The van der Waals surface area contributed by atoms with Crippen LogP contribution in [0.25, 0.3) is 0 Å². The molecule has 2 aromatic rings. The zero-order valence-corrected chi connectivity index (χ0v) is 15.4. The highest BCUT2D eigenvalue weighted by molar-refractivity contribution is 6.05. The molecule has 144 valence electrons. The second kappa shape index (κ2) is 7.44. The van der Waals surface area contributed by atoms with E-state index >= 15 is 0 Å². The van der Waals surface area contributed by atoms with Gasteiger partial charge in [-0.25, -0.2) is 0 Å². The highest BCUT2D eigenvalue weighted by Gasteiger charge is 2.38. The Bertz CT molecular complexity index is 956. The number of benzene rings is 2. The number of nitrogens with two attached hydrogens (primary N) is 1. The van der Waals surface area contributed by atoms with E-state index < -0.39 is 6.04 Å². The van der Waals surface area contributed by atoms with Gasteiger partial charge in [-0.1, -0.05) is 24.3 Å². The molecule has 0 spiro atoms. The zero-order chi connectivity index (χ0) is 19.7. The molecule has 0 bridgehead atoms. The van der Waals surface area contributed by atoms with E-state index in [1.54, 1.807) is 4.90 Å². The monoisotopic (exact) mass is 378 g/mol.